The Hall–Kier alpha value is -3.07. The van der Waals surface area contributed by atoms with Gasteiger partial charge in [-0.15, -0.1) is 0 Å². The number of nitrogens with two attached hydrogens (primary N) is 1. The van der Waals surface area contributed by atoms with Crippen LogP contribution in [0.4, 0.5) is 11.4 Å². The molecule has 1 saturated heterocycles. The predicted molar refractivity (Wildman–Crippen MR) is 150 cm³/mol. The molecular weight excluding hydrogens is 480 g/mol. The summed E-state index contributed by atoms with van der Waals surface area (Å²) in [5.41, 5.74) is 7.80. The molecule has 4 N–H and O–H groups in total. The minimum atomic E-state index is 0.233. The number of benzene rings is 2. The lowest BCUT2D eigenvalue weighted by Crippen LogP contribution is -2.76. The van der Waals surface area contributed by atoms with E-state index in [0.717, 1.165) is 49.6 Å². The van der Waals surface area contributed by atoms with E-state index < -0.39 is 0 Å². The Balaban J connectivity index is 0.000000366. The highest BCUT2D eigenvalue weighted by atomic mass is 16.6. The van der Waals surface area contributed by atoms with Crippen LogP contribution in [-0.2, 0) is 14.4 Å². The summed E-state index contributed by atoms with van der Waals surface area (Å²) < 4.78 is 14.4. The number of anilines is 1. The van der Waals surface area contributed by atoms with E-state index in [1.165, 1.54) is 60.7 Å². The van der Waals surface area contributed by atoms with E-state index in [2.05, 4.69) is 57.7 Å². The third-order valence-electron chi connectivity index (χ3n) is 8.02. The molecular formula is C30H41N4O4+. The van der Waals surface area contributed by atoms with Gasteiger partial charge in [-0.25, -0.2) is 4.84 Å². The van der Waals surface area contributed by atoms with Crippen molar-refractivity contribution in [2.75, 3.05) is 32.7 Å². The van der Waals surface area contributed by atoms with Crippen molar-refractivity contribution in [2.45, 2.75) is 69.6 Å². The zero-order valence-corrected chi connectivity index (χ0v) is 22.6. The van der Waals surface area contributed by atoms with Gasteiger partial charge in [0.25, 0.3) is 0 Å². The van der Waals surface area contributed by atoms with Crippen LogP contribution >= 0.6 is 0 Å². The predicted octanol–water partition coefficient (Wildman–Crippen LogP) is 4.67. The van der Waals surface area contributed by atoms with Gasteiger partial charge < -0.3 is 24.7 Å². The molecule has 2 heterocycles. The molecule has 1 aliphatic heterocycles. The minimum Gasteiger partial charge on any atom is -0.490 e. The number of carbonyl (C=O) groups is 1. The first-order valence-corrected chi connectivity index (χ1v) is 14.0. The number of nitrogens with one attached hydrogen (secondary N) is 2. The van der Waals surface area contributed by atoms with Crippen molar-refractivity contribution in [1.82, 2.24) is 9.88 Å². The second-order valence-corrected chi connectivity index (χ2v) is 10.4. The third kappa shape index (κ3) is 5.82. The van der Waals surface area contributed by atoms with E-state index in [-0.39, 0.29) is 6.10 Å². The molecule has 2 saturated carbocycles. The van der Waals surface area contributed by atoms with Crippen LogP contribution in [0, 0.1) is 0 Å². The minimum absolute atomic E-state index is 0.233. The monoisotopic (exact) mass is 521 g/mol. The van der Waals surface area contributed by atoms with Crippen LogP contribution in [0.25, 0.3) is 22.2 Å². The number of nitrogens with zero attached hydrogens (tertiary/aromatic N) is 1. The van der Waals surface area contributed by atoms with Crippen LogP contribution in [0.5, 0.6) is 5.75 Å². The first-order chi connectivity index (χ1) is 18.7. The van der Waals surface area contributed by atoms with E-state index in [1.54, 1.807) is 7.11 Å². The number of carbonyl (C=O) groups excluding carboxylic acids is 1. The summed E-state index contributed by atoms with van der Waals surface area (Å²) in [6, 6.07) is 16.2. The topological polar surface area (TPSA) is 90.4 Å². The van der Waals surface area contributed by atoms with Crippen molar-refractivity contribution in [3.8, 4) is 17.0 Å². The van der Waals surface area contributed by atoms with Crippen molar-refractivity contribution < 1.29 is 24.6 Å². The maximum Gasteiger partial charge on any atom is 0.207 e. The number of quaternary nitrogens is 1. The molecule has 3 aromatic rings. The molecule has 0 spiro atoms. The lowest BCUT2D eigenvalue weighted by Gasteiger charge is -2.30. The van der Waals surface area contributed by atoms with Gasteiger partial charge in [0, 0.05) is 49.3 Å². The molecule has 2 aromatic carbocycles. The Morgan fingerprint density at radius 3 is 2.29 bits per heavy atom. The van der Waals surface area contributed by atoms with Crippen molar-refractivity contribution in [2.24, 2.45) is 0 Å². The van der Waals surface area contributed by atoms with Crippen molar-refractivity contribution in [1.29, 1.82) is 0 Å². The van der Waals surface area contributed by atoms with E-state index in [0.29, 0.717) is 12.1 Å². The van der Waals surface area contributed by atoms with Gasteiger partial charge in [0.2, 0.25) is 6.41 Å². The molecule has 0 radical (unpaired) electrons. The lowest BCUT2D eigenvalue weighted by atomic mass is 9.92. The second-order valence-electron chi connectivity index (χ2n) is 10.4. The Kier molecular flexibility index (Phi) is 8.83. The van der Waals surface area contributed by atoms with Gasteiger partial charge in [0.1, 0.15) is 17.5 Å². The van der Waals surface area contributed by atoms with Gasteiger partial charge in [-0.1, -0.05) is 12.1 Å². The summed E-state index contributed by atoms with van der Waals surface area (Å²) in [6.07, 6.45) is 10.3. The van der Waals surface area contributed by atoms with Gasteiger partial charge in [-0.2, -0.15) is 5.48 Å². The number of hydrogen-bond donors (Lipinski definition) is 3. The van der Waals surface area contributed by atoms with Gasteiger partial charge in [0.15, 0.2) is 5.69 Å². The van der Waals surface area contributed by atoms with Gasteiger partial charge in [-0.3, -0.25) is 4.79 Å². The molecule has 6 rings (SSSR count). The van der Waals surface area contributed by atoms with Crippen LogP contribution in [0.3, 0.4) is 0 Å². The molecule has 3 aliphatic rings. The number of fused-ring (bicyclic) bond motifs is 1. The second kappa shape index (κ2) is 12.7. The van der Waals surface area contributed by atoms with Crippen molar-refractivity contribution >= 4 is 28.7 Å². The zero-order chi connectivity index (χ0) is 26.3. The summed E-state index contributed by atoms with van der Waals surface area (Å²) in [7, 11) is 3.67. The Morgan fingerprint density at radius 2 is 1.74 bits per heavy atom. The number of ether oxygens (including phenoxy) is 2. The SMILES string of the molecule is CNc1ccc(-c2c([NH2+]OC)c3ccc(OC4CCOCC4)cc3n2C2CCC2)cc1.O=CNC1CCC1. The standard InChI is InChI=1S/C25H31N3O3.C5H9NO/c1-26-18-8-6-17(7-9-18)25-24(27-29-2)22-11-10-21(31-20-12-14-30-15-13-20)16-23(22)28(25)19-4-3-5-19;7-4-6-5-2-1-3-5/h6-11,16,19-20,26-27H,3-5,12-15H2,1-2H3;4-5H,1-3H2,(H,6,7)/p+1. The van der Waals surface area contributed by atoms with Crippen LogP contribution < -0.4 is 20.9 Å². The highest BCUT2D eigenvalue weighted by molar-refractivity contribution is 5.99. The highest BCUT2D eigenvalue weighted by Gasteiger charge is 2.30. The maximum absolute atomic E-state index is 9.70. The van der Waals surface area contributed by atoms with Crippen LogP contribution in [-0.4, -0.2) is 50.5 Å². The summed E-state index contributed by atoms with van der Waals surface area (Å²) >= 11 is 0. The van der Waals surface area contributed by atoms with E-state index in [1.807, 2.05) is 12.5 Å². The number of hydrogen-bond acceptors (Lipinski definition) is 5. The quantitative estimate of drug-likeness (QED) is 0.281. The first-order valence-electron chi connectivity index (χ1n) is 14.0. The molecule has 0 unspecified atom stereocenters. The van der Waals surface area contributed by atoms with Gasteiger partial charge >= 0.3 is 0 Å². The average Bonchev–Trinajstić information content (AvgIpc) is 3.19. The average molecular weight is 522 g/mol. The van der Waals surface area contributed by atoms with E-state index >= 15 is 0 Å². The number of amides is 1. The molecule has 8 nitrogen and oxygen atoms in total. The normalized spacial score (nSPS) is 18.2. The van der Waals surface area contributed by atoms with Gasteiger partial charge in [0.05, 0.1) is 31.2 Å². The highest BCUT2D eigenvalue weighted by Crippen LogP contribution is 2.44. The summed E-state index contributed by atoms with van der Waals surface area (Å²) in [5, 5.41) is 7.12. The maximum atomic E-state index is 9.70. The van der Waals surface area contributed by atoms with Crippen LogP contribution in [0.2, 0.25) is 0 Å². The smallest absolute Gasteiger partial charge is 0.207 e. The fourth-order valence-electron chi connectivity index (χ4n) is 5.40. The number of aromatic nitrogens is 1. The number of rotatable bonds is 9. The molecule has 0 atom stereocenters. The Morgan fingerprint density at radius 1 is 1.00 bits per heavy atom. The fourth-order valence-corrected chi connectivity index (χ4v) is 5.40. The Bertz CT molecular complexity index is 1200. The summed E-state index contributed by atoms with van der Waals surface area (Å²) in [4.78, 5) is 15.2. The molecule has 1 aromatic heterocycles. The Labute approximate surface area is 225 Å². The molecule has 2 aliphatic carbocycles. The van der Waals surface area contributed by atoms with Crippen molar-refractivity contribution in [3.05, 3.63) is 42.5 Å². The largest absolute Gasteiger partial charge is 0.490 e. The van der Waals surface area contributed by atoms with Crippen molar-refractivity contribution in [3.63, 3.8) is 0 Å². The molecule has 0 bridgehead atoms. The fraction of sp³-hybridized carbons (Fsp3) is 0.500. The molecule has 38 heavy (non-hydrogen) atoms. The van der Waals surface area contributed by atoms with Crippen LogP contribution in [0.15, 0.2) is 42.5 Å². The van der Waals surface area contributed by atoms with Crippen LogP contribution in [0.1, 0.15) is 57.4 Å². The lowest BCUT2D eigenvalue weighted by molar-refractivity contribution is -0.828. The van der Waals surface area contributed by atoms with Gasteiger partial charge in [-0.05, 0) is 62.8 Å². The summed E-state index contributed by atoms with van der Waals surface area (Å²) in [6.45, 7) is 1.57. The van der Waals surface area contributed by atoms with E-state index in [4.69, 9.17) is 14.3 Å². The first kappa shape index (κ1) is 26.5. The zero-order valence-electron chi connectivity index (χ0n) is 22.6. The van der Waals surface area contributed by atoms with E-state index in [9.17, 15) is 4.79 Å². The molecule has 8 heteroatoms. The molecule has 204 valence electrons. The summed E-state index contributed by atoms with van der Waals surface area (Å²) in [5.74, 6) is 0.943. The molecule has 3 fully saturated rings. The molecule has 1 amide bonds. The third-order valence-corrected chi connectivity index (χ3v) is 8.02.